The van der Waals surface area contributed by atoms with Crippen LogP contribution in [0, 0.1) is 6.92 Å². The van der Waals surface area contributed by atoms with Crippen LogP contribution < -0.4 is 20.1 Å². The molecule has 0 radical (unpaired) electrons. The fraction of sp³-hybridized carbons (Fsp3) is 0.400. The minimum atomic E-state index is -1.21. The van der Waals surface area contributed by atoms with Crippen LogP contribution in [0.1, 0.15) is 43.0 Å². The molecule has 1 fully saturated rings. The van der Waals surface area contributed by atoms with Crippen molar-refractivity contribution in [3.8, 4) is 11.5 Å². The van der Waals surface area contributed by atoms with Crippen LogP contribution >= 0.6 is 0 Å². The third-order valence-corrected chi connectivity index (χ3v) is 6.06. The normalized spacial score (nSPS) is 21.5. The largest absolute Gasteiger partial charge is 0.494 e. The molecule has 2 aromatic carbocycles. The number of ether oxygens (including phenoxy) is 2. The van der Waals surface area contributed by atoms with Gasteiger partial charge < -0.3 is 20.1 Å². The number of fused-ring (bicyclic) bond motifs is 1. The summed E-state index contributed by atoms with van der Waals surface area (Å²) in [5, 5.41) is 5.52. The number of urea groups is 1. The van der Waals surface area contributed by atoms with Crippen LogP contribution in [0.3, 0.4) is 0 Å². The van der Waals surface area contributed by atoms with Gasteiger partial charge >= 0.3 is 6.03 Å². The lowest BCUT2D eigenvalue weighted by Gasteiger charge is -2.22. The van der Waals surface area contributed by atoms with Gasteiger partial charge in [0.05, 0.1) is 6.61 Å². The van der Waals surface area contributed by atoms with Crippen molar-refractivity contribution in [2.45, 2.75) is 52.3 Å². The molecule has 2 aromatic rings. The first kappa shape index (κ1) is 22.6. The molecule has 0 bridgehead atoms. The Morgan fingerprint density at radius 2 is 2.00 bits per heavy atom. The minimum Gasteiger partial charge on any atom is -0.494 e. The molecule has 0 aromatic heterocycles. The van der Waals surface area contributed by atoms with Crippen molar-refractivity contribution in [3.63, 3.8) is 0 Å². The lowest BCUT2D eigenvalue weighted by molar-refractivity contribution is -0.134. The highest BCUT2D eigenvalue weighted by Crippen LogP contribution is 2.35. The summed E-state index contributed by atoms with van der Waals surface area (Å²) in [6.45, 7) is 7.82. The predicted molar refractivity (Wildman–Crippen MR) is 122 cm³/mol. The Bertz CT molecular complexity index is 1100. The molecule has 2 aliphatic rings. The Morgan fingerprint density at radius 3 is 2.70 bits per heavy atom. The molecule has 2 aliphatic heterocycles. The zero-order chi connectivity index (χ0) is 23.8. The molecule has 8 nitrogen and oxygen atoms in total. The van der Waals surface area contributed by atoms with E-state index in [2.05, 4.69) is 10.6 Å². The molecular weight excluding hydrogens is 422 g/mol. The summed E-state index contributed by atoms with van der Waals surface area (Å²) in [7, 11) is 0. The van der Waals surface area contributed by atoms with Crippen LogP contribution in [0.2, 0.25) is 0 Å². The Balaban J connectivity index is 1.43. The van der Waals surface area contributed by atoms with Gasteiger partial charge in [-0.25, -0.2) is 4.79 Å². The maximum absolute atomic E-state index is 13.1. The number of nitrogens with zero attached hydrogens (tertiary/aromatic N) is 1. The quantitative estimate of drug-likeness (QED) is 0.631. The monoisotopic (exact) mass is 451 g/mol. The molecule has 0 saturated carbocycles. The molecule has 1 saturated heterocycles. The Kier molecular flexibility index (Phi) is 6.01. The maximum atomic E-state index is 13.1. The number of rotatable bonds is 7. The van der Waals surface area contributed by atoms with Crippen LogP contribution in [0.5, 0.6) is 11.5 Å². The van der Waals surface area contributed by atoms with Crippen molar-refractivity contribution in [2.24, 2.45) is 0 Å². The van der Waals surface area contributed by atoms with Gasteiger partial charge in [-0.2, -0.15) is 0 Å². The van der Waals surface area contributed by atoms with Crippen LogP contribution in [-0.2, 0) is 28.1 Å². The van der Waals surface area contributed by atoms with E-state index in [-0.39, 0.29) is 19.2 Å². The summed E-state index contributed by atoms with van der Waals surface area (Å²) in [5.41, 5.74) is 2.37. The molecular formula is C25H29N3O5. The fourth-order valence-electron chi connectivity index (χ4n) is 4.23. The second-order valence-corrected chi connectivity index (χ2v) is 8.72. The maximum Gasteiger partial charge on any atom is 0.325 e. The lowest BCUT2D eigenvalue weighted by Crippen LogP contribution is -2.43. The first-order valence-electron chi connectivity index (χ1n) is 11.1. The zero-order valence-corrected chi connectivity index (χ0v) is 19.4. The summed E-state index contributed by atoms with van der Waals surface area (Å²) in [6.07, 6.45) is 0.912. The number of aryl methyl sites for hydroxylation is 1. The minimum absolute atomic E-state index is 0.0989. The third-order valence-electron chi connectivity index (χ3n) is 6.06. The lowest BCUT2D eigenvalue weighted by atomic mass is 9.91. The number of hydrogen-bond acceptors (Lipinski definition) is 5. The van der Waals surface area contributed by atoms with E-state index in [9.17, 15) is 14.4 Å². The topological polar surface area (TPSA) is 97.0 Å². The number of carbonyl (C=O) groups is 3. The SMILES string of the molecule is CCOc1cc2c(cc1CNC(=O)CN1C(=O)NC(C)(c3ccc(C)cc3)C1=O)OC(C)C2. The predicted octanol–water partition coefficient (Wildman–Crippen LogP) is 2.80. The molecule has 0 aliphatic carbocycles. The van der Waals surface area contributed by atoms with Gasteiger partial charge in [0.1, 0.15) is 29.7 Å². The van der Waals surface area contributed by atoms with E-state index in [0.29, 0.717) is 17.9 Å². The number of amides is 4. The summed E-state index contributed by atoms with van der Waals surface area (Å²) in [4.78, 5) is 39.2. The van der Waals surface area contributed by atoms with Crippen molar-refractivity contribution in [3.05, 3.63) is 58.7 Å². The van der Waals surface area contributed by atoms with Crippen molar-refractivity contribution < 1.29 is 23.9 Å². The van der Waals surface area contributed by atoms with Gasteiger partial charge in [-0.05, 0) is 45.4 Å². The fourth-order valence-corrected chi connectivity index (χ4v) is 4.23. The van der Waals surface area contributed by atoms with E-state index < -0.39 is 23.4 Å². The van der Waals surface area contributed by atoms with E-state index >= 15 is 0 Å². The molecule has 2 N–H and O–H groups in total. The number of carbonyl (C=O) groups excluding carboxylic acids is 3. The second-order valence-electron chi connectivity index (χ2n) is 8.72. The first-order valence-corrected chi connectivity index (χ1v) is 11.1. The van der Waals surface area contributed by atoms with Crippen LogP contribution in [0.4, 0.5) is 4.79 Å². The van der Waals surface area contributed by atoms with Crippen molar-refractivity contribution in [2.75, 3.05) is 13.2 Å². The van der Waals surface area contributed by atoms with Gasteiger partial charge in [-0.3, -0.25) is 14.5 Å². The summed E-state index contributed by atoms with van der Waals surface area (Å²) in [5.74, 6) is 0.583. The van der Waals surface area contributed by atoms with E-state index in [1.165, 1.54) is 0 Å². The number of nitrogens with one attached hydrogen (secondary N) is 2. The first-order chi connectivity index (χ1) is 15.7. The average molecular weight is 452 g/mol. The standard InChI is InChI=1S/C25H29N3O5/c1-5-32-20-11-17-10-16(3)33-21(17)12-18(20)13-26-22(29)14-28-23(30)25(4,27-24(28)31)19-8-6-15(2)7-9-19/h6-9,11-12,16H,5,10,13-14H2,1-4H3,(H,26,29)(H,27,31). The van der Waals surface area contributed by atoms with Gasteiger partial charge in [0.25, 0.3) is 5.91 Å². The number of imide groups is 1. The molecule has 8 heteroatoms. The Hall–Kier alpha value is -3.55. The summed E-state index contributed by atoms with van der Waals surface area (Å²) < 4.78 is 11.6. The molecule has 4 amide bonds. The van der Waals surface area contributed by atoms with E-state index in [1.807, 2.05) is 57.2 Å². The molecule has 2 atom stereocenters. The number of hydrogen-bond donors (Lipinski definition) is 2. The smallest absolute Gasteiger partial charge is 0.325 e. The molecule has 174 valence electrons. The van der Waals surface area contributed by atoms with Crippen molar-refractivity contribution >= 4 is 17.8 Å². The van der Waals surface area contributed by atoms with Crippen LogP contribution in [-0.4, -0.2) is 42.0 Å². The van der Waals surface area contributed by atoms with Crippen molar-refractivity contribution in [1.82, 2.24) is 15.5 Å². The highest BCUT2D eigenvalue weighted by Gasteiger charge is 2.49. The highest BCUT2D eigenvalue weighted by molar-refractivity contribution is 6.09. The van der Waals surface area contributed by atoms with E-state index in [0.717, 1.165) is 33.8 Å². The van der Waals surface area contributed by atoms with Crippen molar-refractivity contribution in [1.29, 1.82) is 0 Å². The van der Waals surface area contributed by atoms with Crippen LogP contribution in [0.25, 0.3) is 0 Å². The van der Waals surface area contributed by atoms with E-state index in [4.69, 9.17) is 9.47 Å². The third kappa shape index (κ3) is 4.37. The average Bonchev–Trinajstić information content (AvgIpc) is 3.23. The summed E-state index contributed by atoms with van der Waals surface area (Å²) in [6, 6.07) is 10.6. The zero-order valence-electron chi connectivity index (χ0n) is 19.4. The summed E-state index contributed by atoms with van der Waals surface area (Å²) >= 11 is 0. The molecule has 4 rings (SSSR count). The Labute approximate surface area is 193 Å². The second kappa shape index (κ2) is 8.77. The molecule has 2 heterocycles. The van der Waals surface area contributed by atoms with Gasteiger partial charge in [-0.15, -0.1) is 0 Å². The van der Waals surface area contributed by atoms with Gasteiger partial charge in [0, 0.05) is 24.1 Å². The Morgan fingerprint density at radius 1 is 1.27 bits per heavy atom. The van der Waals surface area contributed by atoms with E-state index in [1.54, 1.807) is 6.92 Å². The molecule has 0 spiro atoms. The molecule has 33 heavy (non-hydrogen) atoms. The van der Waals surface area contributed by atoms with Crippen LogP contribution in [0.15, 0.2) is 36.4 Å². The van der Waals surface area contributed by atoms with Gasteiger partial charge in [0.15, 0.2) is 0 Å². The molecule has 2 unspecified atom stereocenters. The highest BCUT2D eigenvalue weighted by atomic mass is 16.5. The van der Waals surface area contributed by atoms with Gasteiger partial charge in [-0.1, -0.05) is 29.8 Å². The van der Waals surface area contributed by atoms with Gasteiger partial charge in [0.2, 0.25) is 5.91 Å². The number of benzene rings is 2.